The van der Waals surface area contributed by atoms with Gasteiger partial charge in [-0.05, 0) is 37.9 Å². The van der Waals surface area contributed by atoms with Crippen molar-refractivity contribution in [2.75, 3.05) is 38.2 Å². The SMILES string of the molecule is CN(C)CCN(Cc1ccc(C(=O)Nc2cscc2N)nc1)C(=O)NCc1ccco1. The van der Waals surface area contributed by atoms with Gasteiger partial charge in [0, 0.05) is 36.6 Å². The number of rotatable bonds is 9. The van der Waals surface area contributed by atoms with E-state index in [-0.39, 0.29) is 17.6 Å². The van der Waals surface area contributed by atoms with Crippen molar-refractivity contribution in [3.05, 3.63) is 64.5 Å². The molecule has 0 radical (unpaired) electrons. The minimum Gasteiger partial charge on any atom is -0.467 e. The molecule has 0 unspecified atom stereocenters. The third kappa shape index (κ3) is 6.56. The normalized spacial score (nSPS) is 10.8. The monoisotopic (exact) mass is 442 g/mol. The Balaban J connectivity index is 1.61. The van der Waals surface area contributed by atoms with Crippen molar-refractivity contribution in [1.82, 2.24) is 20.1 Å². The summed E-state index contributed by atoms with van der Waals surface area (Å²) in [6, 6.07) is 6.82. The molecule has 3 heterocycles. The number of hydrogen-bond acceptors (Lipinski definition) is 7. The molecule has 0 bridgehead atoms. The molecule has 0 aliphatic heterocycles. The molecule has 3 aromatic heterocycles. The molecule has 4 N–H and O–H groups in total. The lowest BCUT2D eigenvalue weighted by molar-refractivity contribution is 0.102. The van der Waals surface area contributed by atoms with Gasteiger partial charge in [-0.15, -0.1) is 11.3 Å². The number of nitrogens with two attached hydrogens (primary N) is 1. The maximum absolute atomic E-state index is 12.7. The number of aromatic nitrogens is 1. The fraction of sp³-hybridized carbons (Fsp3) is 0.286. The predicted octanol–water partition coefficient (Wildman–Crippen LogP) is 2.84. The predicted molar refractivity (Wildman–Crippen MR) is 121 cm³/mol. The fourth-order valence-corrected chi connectivity index (χ4v) is 3.40. The molecular formula is C21H26N6O3S. The average Bonchev–Trinajstić information content (AvgIpc) is 3.41. The van der Waals surface area contributed by atoms with Gasteiger partial charge in [0.2, 0.25) is 0 Å². The standard InChI is InChI=1S/C21H26N6O3S/c1-26(2)7-8-27(21(29)24-11-16-4-3-9-30-16)12-15-5-6-18(23-10-15)20(28)25-19-14-31-13-17(19)22/h3-6,9-10,13-14H,7-8,11-12,22H2,1-2H3,(H,24,29)(H,25,28). The number of furan rings is 1. The maximum Gasteiger partial charge on any atom is 0.318 e. The molecule has 0 aliphatic rings. The highest BCUT2D eigenvalue weighted by Gasteiger charge is 2.16. The van der Waals surface area contributed by atoms with Crippen LogP contribution < -0.4 is 16.4 Å². The summed E-state index contributed by atoms with van der Waals surface area (Å²) in [6.45, 7) is 1.93. The number of hydrogen-bond donors (Lipinski definition) is 3. The summed E-state index contributed by atoms with van der Waals surface area (Å²) < 4.78 is 5.26. The number of carbonyl (C=O) groups is 2. The van der Waals surface area contributed by atoms with Crippen LogP contribution in [0.15, 0.2) is 51.9 Å². The van der Waals surface area contributed by atoms with Crippen LogP contribution in [0.3, 0.4) is 0 Å². The molecule has 9 nitrogen and oxygen atoms in total. The van der Waals surface area contributed by atoms with Gasteiger partial charge in [0.05, 0.1) is 24.2 Å². The fourth-order valence-electron chi connectivity index (χ4n) is 2.73. The number of carbonyl (C=O) groups excluding carboxylic acids is 2. The smallest absolute Gasteiger partial charge is 0.318 e. The Morgan fingerprint density at radius 3 is 2.65 bits per heavy atom. The Kier molecular flexibility index (Phi) is 7.63. The zero-order valence-electron chi connectivity index (χ0n) is 17.5. The molecule has 10 heteroatoms. The molecule has 0 fully saturated rings. The Morgan fingerprint density at radius 1 is 1.19 bits per heavy atom. The minimum absolute atomic E-state index is 0.201. The highest BCUT2D eigenvalue weighted by atomic mass is 32.1. The van der Waals surface area contributed by atoms with Gasteiger partial charge in [0.25, 0.3) is 5.91 Å². The number of nitrogens with one attached hydrogen (secondary N) is 2. The van der Waals surface area contributed by atoms with Crippen molar-refractivity contribution in [2.45, 2.75) is 13.1 Å². The van der Waals surface area contributed by atoms with Crippen LogP contribution >= 0.6 is 11.3 Å². The maximum atomic E-state index is 12.7. The first-order valence-electron chi connectivity index (χ1n) is 9.70. The first-order chi connectivity index (χ1) is 14.9. The van der Waals surface area contributed by atoms with Crippen molar-refractivity contribution in [3.8, 4) is 0 Å². The Bertz CT molecular complexity index is 985. The number of pyridine rings is 1. The Hall–Kier alpha value is -3.37. The molecule has 0 saturated heterocycles. The third-order valence-electron chi connectivity index (χ3n) is 4.47. The van der Waals surface area contributed by atoms with E-state index in [1.165, 1.54) is 11.3 Å². The molecular weight excluding hydrogens is 416 g/mol. The van der Waals surface area contributed by atoms with E-state index in [9.17, 15) is 9.59 Å². The van der Waals surface area contributed by atoms with Crippen LogP contribution in [-0.2, 0) is 13.1 Å². The van der Waals surface area contributed by atoms with E-state index in [1.54, 1.807) is 46.3 Å². The summed E-state index contributed by atoms with van der Waals surface area (Å²) in [6.07, 6.45) is 3.18. The van der Waals surface area contributed by atoms with Gasteiger partial charge >= 0.3 is 6.03 Å². The number of nitrogen functional groups attached to an aromatic ring is 1. The van der Waals surface area contributed by atoms with Crippen molar-refractivity contribution in [3.63, 3.8) is 0 Å². The van der Waals surface area contributed by atoms with Gasteiger partial charge in [-0.25, -0.2) is 4.79 Å². The van der Waals surface area contributed by atoms with Crippen LogP contribution in [0.25, 0.3) is 0 Å². The quantitative estimate of drug-likeness (QED) is 0.469. The molecule has 0 saturated carbocycles. The largest absolute Gasteiger partial charge is 0.467 e. The Morgan fingerprint density at radius 2 is 2.03 bits per heavy atom. The van der Waals surface area contributed by atoms with Crippen LogP contribution in [0.1, 0.15) is 21.8 Å². The second kappa shape index (κ2) is 10.6. The summed E-state index contributed by atoms with van der Waals surface area (Å²) in [4.78, 5) is 33.0. The number of nitrogens with zero attached hydrogens (tertiary/aromatic N) is 3. The van der Waals surface area contributed by atoms with Gasteiger partial charge in [-0.2, -0.15) is 0 Å². The summed E-state index contributed by atoms with van der Waals surface area (Å²) in [5, 5.41) is 9.14. The van der Waals surface area contributed by atoms with Crippen LogP contribution in [0.2, 0.25) is 0 Å². The molecule has 3 amide bonds. The average molecular weight is 443 g/mol. The highest BCUT2D eigenvalue weighted by Crippen LogP contribution is 2.23. The van der Waals surface area contributed by atoms with Gasteiger partial charge in [0.1, 0.15) is 11.5 Å². The lowest BCUT2D eigenvalue weighted by atomic mass is 10.2. The first-order valence-corrected chi connectivity index (χ1v) is 10.6. The van der Waals surface area contributed by atoms with E-state index in [1.807, 2.05) is 25.1 Å². The van der Waals surface area contributed by atoms with Crippen molar-refractivity contribution in [2.24, 2.45) is 0 Å². The summed E-state index contributed by atoms with van der Waals surface area (Å²) in [5.41, 5.74) is 7.99. The molecule has 3 aromatic rings. The number of anilines is 2. The van der Waals surface area contributed by atoms with E-state index in [4.69, 9.17) is 10.2 Å². The van der Waals surface area contributed by atoms with Gasteiger partial charge in [-0.3, -0.25) is 9.78 Å². The molecule has 0 spiro atoms. The van der Waals surface area contributed by atoms with Crippen LogP contribution in [0.5, 0.6) is 0 Å². The van der Waals surface area contributed by atoms with Crippen LogP contribution in [0, 0.1) is 0 Å². The second-order valence-corrected chi connectivity index (χ2v) is 7.95. The second-order valence-electron chi connectivity index (χ2n) is 7.21. The van der Waals surface area contributed by atoms with Crippen LogP contribution in [0.4, 0.5) is 16.2 Å². The summed E-state index contributed by atoms with van der Waals surface area (Å²) >= 11 is 1.41. The third-order valence-corrected chi connectivity index (χ3v) is 5.23. The zero-order chi connectivity index (χ0) is 22.2. The Labute approximate surface area is 184 Å². The van der Waals surface area contributed by atoms with E-state index in [0.29, 0.717) is 43.3 Å². The molecule has 0 atom stereocenters. The summed E-state index contributed by atoms with van der Waals surface area (Å²) in [7, 11) is 3.91. The molecule has 3 rings (SSSR count). The molecule has 164 valence electrons. The number of likely N-dealkylation sites (N-methyl/N-ethyl adjacent to an activating group) is 1. The summed E-state index contributed by atoms with van der Waals surface area (Å²) in [5.74, 6) is 0.349. The van der Waals surface area contributed by atoms with E-state index in [2.05, 4.69) is 15.6 Å². The molecule has 0 aliphatic carbocycles. The molecule has 0 aromatic carbocycles. The minimum atomic E-state index is -0.336. The van der Waals surface area contributed by atoms with Crippen molar-refractivity contribution < 1.29 is 14.0 Å². The van der Waals surface area contributed by atoms with Gasteiger partial charge in [-0.1, -0.05) is 6.07 Å². The highest BCUT2D eigenvalue weighted by molar-refractivity contribution is 7.09. The van der Waals surface area contributed by atoms with Gasteiger partial charge < -0.3 is 30.6 Å². The lowest BCUT2D eigenvalue weighted by Gasteiger charge is -2.24. The zero-order valence-corrected chi connectivity index (χ0v) is 18.3. The molecule has 31 heavy (non-hydrogen) atoms. The number of thiophene rings is 1. The van der Waals surface area contributed by atoms with Crippen molar-refractivity contribution >= 4 is 34.6 Å². The van der Waals surface area contributed by atoms with E-state index < -0.39 is 0 Å². The van der Waals surface area contributed by atoms with E-state index >= 15 is 0 Å². The number of amides is 3. The van der Waals surface area contributed by atoms with Crippen molar-refractivity contribution in [1.29, 1.82) is 0 Å². The van der Waals surface area contributed by atoms with E-state index in [0.717, 1.165) is 5.56 Å². The lowest BCUT2D eigenvalue weighted by Crippen LogP contribution is -2.42. The number of urea groups is 1. The first kappa shape index (κ1) is 22.3. The topological polar surface area (TPSA) is 117 Å². The van der Waals surface area contributed by atoms with Crippen LogP contribution in [-0.4, -0.2) is 53.9 Å². The van der Waals surface area contributed by atoms with Gasteiger partial charge in [0.15, 0.2) is 0 Å².